The highest BCUT2D eigenvalue weighted by Crippen LogP contribution is 2.11. The Kier molecular flexibility index (Phi) is 12.4. The average Bonchev–Trinajstić information content (AvgIpc) is 2.74. The van der Waals surface area contributed by atoms with Crippen molar-refractivity contribution in [1.82, 2.24) is 0 Å². The summed E-state index contributed by atoms with van der Waals surface area (Å²) in [5.41, 5.74) is 1.55. The largest absolute Gasteiger partial charge is 0.508 e. The minimum absolute atomic E-state index is 0.155. The van der Waals surface area contributed by atoms with Crippen LogP contribution >= 0.6 is 0 Å². The normalized spacial score (nSPS) is 9.93. The fourth-order valence-electron chi connectivity index (χ4n) is 2.24. The van der Waals surface area contributed by atoms with Crippen LogP contribution in [0.1, 0.15) is 36.8 Å². The molecule has 0 bridgehead atoms. The molecule has 2 aromatic rings. The molecule has 30 heavy (non-hydrogen) atoms. The van der Waals surface area contributed by atoms with E-state index < -0.39 is 0 Å². The Bertz CT molecular complexity index is 672. The van der Waals surface area contributed by atoms with Crippen molar-refractivity contribution in [3.8, 4) is 11.5 Å². The monoisotopic (exact) mass is 414 g/mol. The van der Waals surface area contributed by atoms with E-state index in [0.717, 1.165) is 24.0 Å². The Labute approximate surface area is 178 Å². The smallest absolute Gasteiger partial charge is 0.310 e. The van der Waals surface area contributed by atoms with Crippen LogP contribution < -0.4 is 0 Å². The lowest BCUT2D eigenvalue weighted by Gasteiger charge is -2.07. The molecule has 2 rings (SSSR count). The zero-order valence-electron chi connectivity index (χ0n) is 17.2. The van der Waals surface area contributed by atoms with Crippen LogP contribution in [0.25, 0.3) is 0 Å². The summed E-state index contributed by atoms with van der Waals surface area (Å²) in [5, 5.41) is 18.4. The highest BCUT2D eigenvalue weighted by Gasteiger charge is 2.06. The van der Waals surface area contributed by atoms with Crippen molar-refractivity contribution in [3.63, 3.8) is 0 Å². The maximum absolute atomic E-state index is 11.7. The van der Waals surface area contributed by atoms with Crippen LogP contribution in [0.2, 0.25) is 0 Å². The van der Waals surface area contributed by atoms with Gasteiger partial charge in [0.2, 0.25) is 0 Å². The van der Waals surface area contributed by atoms with E-state index in [4.69, 9.17) is 9.47 Å². The summed E-state index contributed by atoms with van der Waals surface area (Å²) in [5.74, 6) is -0.357. The van der Waals surface area contributed by atoms with Gasteiger partial charge in [-0.25, -0.2) is 0 Å². The van der Waals surface area contributed by atoms with E-state index in [-0.39, 0.29) is 49.5 Å². The SMILES string of the molecule is O=C(Cc1ccc(O)cc1)OCCCCOC(=O)Cc1ccc(O)cc1.[CH2]CC[CH2]. The summed E-state index contributed by atoms with van der Waals surface area (Å²) in [6.45, 7) is 7.62. The number of rotatable bonds is 10. The second-order valence-electron chi connectivity index (χ2n) is 6.54. The highest BCUT2D eigenvalue weighted by molar-refractivity contribution is 5.73. The van der Waals surface area contributed by atoms with Gasteiger partial charge in [-0.1, -0.05) is 51.0 Å². The fraction of sp³-hybridized carbons (Fsp3) is 0.333. The molecular formula is C24H30O6. The molecule has 2 aromatic carbocycles. The van der Waals surface area contributed by atoms with Gasteiger partial charge in [0.1, 0.15) is 11.5 Å². The number of carbonyl (C=O) groups is 2. The predicted octanol–water partition coefficient (Wildman–Crippen LogP) is 4.18. The van der Waals surface area contributed by atoms with Gasteiger partial charge >= 0.3 is 11.9 Å². The average molecular weight is 414 g/mol. The molecule has 0 spiro atoms. The summed E-state index contributed by atoms with van der Waals surface area (Å²) in [6, 6.07) is 12.8. The van der Waals surface area contributed by atoms with Crippen molar-refractivity contribution in [2.75, 3.05) is 13.2 Å². The van der Waals surface area contributed by atoms with Crippen LogP contribution in [0.4, 0.5) is 0 Å². The molecule has 6 nitrogen and oxygen atoms in total. The Morgan fingerprint density at radius 2 is 1.00 bits per heavy atom. The highest BCUT2D eigenvalue weighted by atomic mass is 16.5. The molecule has 6 heteroatoms. The molecule has 0 aliphatic heterocycles. The summed E-state index contributed by atoms with van der Waals surface area (Å²) in [7, 11) is 0. The van der Waals surface area contributed by atoms with Crippen LogP contribution in [0.5, 0.6) is 11.5 Å². The first kappa shape index (κ1) is 25.0. The van der Waals surface area contributed by atoms with Crippen molar-refractivity contribution in [3.05, 3.63) is 73.5 Å². The maximum atomic E-state index is 11.7. The predicted molar refractivity (Wildman–Crippen MR) is 115 cm³/mol. The summed E-state index contributed by atoms with van der Waals surface area (Å²) < 4.78 is 10.2. The van der Waals surface area contributed by atoms with Crippen LogP contribution in [0.15, 0.2) is 48.5 Å². The third-order valence-electron chi connectivity index (χ3n) is 3.88. The number of aromatic hydroxyl groups is 2. The fourth-order valence-corrected chi connectivity index (χ4v) is 2.24. The maximum Gasteiger partial charge on any atom is 0.310 e. The first-order valence-corrected chi connectivity index (χ1v) is 9.90. The lowest BCUT2D eigenvalue weighted by molar-refractivity contribution is -0.145. The molecule has 2 N–H and O–H groups in total. The molecule has 0 aliphatic carbocycles. The van der Waals surface area contributed by atoms with Gasteiger partial charge in [-0.2, -0.15) is 0 Å². The summed E-state index contributed by atoms with van der Waals surface area (Å²) in [4.78, 5) is 23.4. The Morgan fingerprint density at radius 3 is 1.30 bits per heavy atom. The molecule has 2 radical (unpaired) electrons. The van der Waals surface area contributed by atoms with Crippen molar-refractivity contribution in [2.24, 2.45) is 0 Å². The number of phenolic OH excluding ortho intramolecular Hbond substituents is 2. The minimum Gasteiger partial charge on any atom is -0.508 e. The van der Waals surface area contributed by atoms with Gasteiger partial charge in [0.25, 0.3) is 0 Å². The van der Waals surface area contributed by atoms with Crippen molar-refractivity contribution in [1.29, 1.82) is 0 Å². The van der Waals surface area contributed by atoms with Crippen LogP contribution in [-0.4, -0.2) is 35.4 Å². The number of phenols is 2. The van der Waals surface area contributed by atoms with Crippen LogP contribution in [0.3, 0.4) is 0 Å². The van der Waals surface area contributed by atoms with Crippen LogP contribution in [0, 0.1) is 13.8 Å². The van der Waals surface area contributed by atoms with Gasteiger partial charge in [0.05, 0.1) is 26.1 Å². The molecule has 0 aliphatic rings. The number of hydrogen-bond donors (Lipinski definition) is 2. The summed E-state index contributed by atoms with van der Waals surface area (Å²) >= 11 is 0. The Morgan fingerprint density at radius 1 is 0.667 bits per heavy atom. The van der Waals surface area contributed by atoms with E-state index >= 15 is 0 Å². The molecule has 162 valence electrons. The lowest BCUT2D eigenvalue weighted by Crippen LogP contribution is -2.11. The third kappa shape index (κ3) is 11.7. The molecule has 0 atom stereocenters. The van der Waals surface area contributed by atoms with Crippen molar-refractivity contribution in [2.45, 2.75) is 38.5 Å². The number of unbranched alkanes of at least 4 members (excludes halogenated alkanes) is 2. The second-order valence-corrected chi connectivity index (χ2v) is 6.54. The van der Waals surface area contributed by atoms with Gasteiger partial charge in [-0.3, -0.25) is 9.59 Å². The van der Waals surface area contributed by atoms with Gasteiger partial charge in [-0.05, 0) is 48.2 Å². The first-order chi connectivity index (χ1) is 14.4. The molecule has 0 fully saturated rings. The minimum atomic E-state index is -0.333. The number of esters is 2. The Balaban J connectivity index is 0.00000103. The van der Waals surface area contributed by atoms with E-state index in [2.05, 4.69) is 13.8 Å². The van der Waals surface area contributed by atoms with Gasteiger partial charge < -0.3 is 19.7 Å². The Hall–Kier alpha value is -3.02. The van der Waals surface area contributed by atoms with E-state index in [9.17, 15) is 19.8 Å². The summed E-state index contributed by atoms with van der Waals surface area (Å²) in [6.07, 6.45) is 3.44. The molecule has 0 aromatic heterocycles. The van der Waals surface area contributed by atoms with Crippen LogP contribution in [-0.2, 0) is 31.9 Å². The van der Waals surface area contributed by atoms with Crippen molar-refractivity contribution < 1.29 is 29.3 Å². The molecule has 0 amide bonds. The van der Waals surface area contributed by atoms with E-state index in [1.165, 1.54) is 24.3 Å². The number of ether oxygens (including phenoxy) is 2. The molecule has 0 saturated carbocycles. The van der Waals surface area contributed by atoms with Crippen molar-refractivity contribution >= 4 is 11.9 Å². The lowest BCUT2D eigenvalue weighted by atomic mass is 10.1. The van der Waals surface area contributed by atoms with E-state index in [0.29, 0.717) is 12.8 Å². The number of carbonyl (C=O) groups excluding carboxylic acids is 2. The molecular weight excluding hydrogens is 384 g/mol. The topological polar surface area (TPSA) is 93.1 Å². The zero-order chi connectivity index (χ0) is 22.2. The van der Waals surface area contributed by atoms with Gasteiger partial charge in [0, 0.05) is 0 Å². The van der Waals surface area contributed by atoms with E-state index in [1.54, 1.807) is 24.3 Å². The zero-order valence-corrected chi connectivity index (χ0v) is 17.2. The third-order valence-corrected chi connectivity index (χ3v) is 3.88. The molecule has 0 heterocycles. The molecule has 0 saturated heterocycles. The quantitative estimate of drug-likeness (QED) is 0.447. The van der Waals surface area contributed by atoms with Gasteiger partial charge in [0.15, 0.2) is 0 Å². The van der Waals surface area contributed by atoms with E-state index in [1.807, 2.05) is 0 Å². The number of benzene rings is 2. The molecule has 0 unspecified atom stereocenters. The number of hydrogen-bond acceptors (Lipinski definition) is 6. The first-order valence-electron chi connectivity index (χ1n) is 9.90. The standard InChI is InChI=1S/C20H22O6.C4H8/c21-17-7-3-15(4-8-17)13-19(23)25-11-1-2-12-26-20(24)14-16-5-9-18(22)10-6-16;1-3-4-2/h3-10,21-22H,1-2,11-14H2;1-4H2. The second kappa shape index (κ2) is 14.9. The van der Waals surface area contributed by atoms with Gasteiger partial charge in [-0.15, -0.1) is 0 Å².